The molecule has 4 aromatic rings. The Bertz CT molecular complexity index is 1330. The van der Waals surface area contributed by atoms with Crippen LogP contribution in [0.2, 0.25) is 0 Å². The standard InChI is InChI=1S/C21H16F4N6/c22-14-2-3-15(6-14)31-19(11-30-10-13(8-28-30)21(23,24)25)29-18-9-27-17-4-1-12(7-26)5-16(17)20(18)31/h1,4-5,8-10,14-15H,2-3,6,11H2/t14-,15+/m1/s1. The molecule has 3 heterocycles. The molecule has 0 radical (unpaired) electrons. The summed E-state index contributed by atoms with van der Waals surface area (Å²) < 4.78 is 56.0. The zero-order valence-corrected chi connectivity index (χ0v) is 16.1. The summed E-state index contributed by atoms with van der Waals surface area (Å²) in [5.41, 5.74) is 1.52. The first-order chi connectivity index (χ1) is 14.8. The number of alkyl halides is 4. The first-order valence-electron chi connectivity index (χ1n) is 9.77. The first-order valence-corrected chi connectivity index (χ1v) is 9.77. The maximum atomic E-state index is 14.1. The Hall–Kier alpha value is -3.48. The average Bonchev–Trinajstić information content (AvgIpc) is 3.45. The second-order valence-electron chi connectivity index (χ2n) is 7.72. The molecule has 5 rings (SSSR count). The van der Waals surface area contributed by atoms with Crippen molar-refractivity contribution >= 4 is 21.9 Å². The predicted octanol–water partition coefficient (Wildman–Crippen LogP) is 4.78. The Labute approximate surface area is 173 Å². The van der Waals surface area contributed by atoms with Gasteiger partial charge in [-0.1, -0.05) is 0 Å². The van der Waals surface area contributed by atoms with Crippen LogP contribution < -0.4 is 0 Å². The molecule has 31 heavy (non-hydrogen) atoms. The highest BCUT2D eigenvalue weighted by Crippen LogP contribution is 2.38. The molecule has 1 aliphatic rings. The first kappa shape index (κ1) is 19.5. The molecule has 0 N–H and O–H groups in total. The third kappa shape index (κ3) is 3.40. The maximum Gasteiger partial charge on any atom is 0.419 e. The van der Waals surface area contributed by atoms with Crippen molar-refractivity contribution < 1.29 is 17.6 Å². The van der Waals surface area contributed by atoms with E-state index in [0.717, 1.165) is 12.4 Å². The Balaban J connectivity index is 1.69. The number of halogens is 4. The van der Waals surface area contributed by atoms with E-state index in [4.69, 9.17) is 0 Å². The molecule has 3 aromatic heterocycles. The van der Waals surface area contributed by atoms with E-state index < -0.39 is 17.9 Å². The summed E-state index contributed by atoms with van der Waals surface area (Å²) in [6, 6.07) is 7.03. The fourth-order valence-electron chi connectivity index (χ4n) is 4.28. The van der Waals surface area contributed by atoms with Crippen LogP contribution >= 0.6 is 0 Å². The molecule has 6 nitrogen and oxygen atoms in total. The molecule has 10 heteroatoms. The molecule has 0 amide bonds. The van der Waals surface area contributed by atoms with E-state index in [0.29, 0.717) is 52.6 Å². The van der Waals surface area contributed by atoms with E-state index in [2.05, 4.69) is 21.1 Å². The molecule has 0 bridgehead atoms. The molecular weight excluding hydrogens is 412 g/mol. The Morgan fingerprint density at radius 1 is 1.16 bits per heavy atom. The number of aromatic nitrogens is 5. The fraction of sp³-hybridized carbons (Fsp3) is 0.333. The van der Waals surface area contributed by atoms with Crippen molar-refractivity contribution in [2.45, 2.75) is 44.2 Å². The van der Waals surface area contributed by atoms with Gasteiger partial charge in [-0.2, -0.15) is 23.5 Å². The lowest BCUT2D eigenvalue weighted by Gasteiger charge is -2.17. The van der Waals surface area contributed by atoms with E-state index in [9.17, 15) is 22.8 Å². The van der Waals surface area contributed by atoms with Crippen LogP contribution in [0.3, 0.4) is 0 Å². The van der Waals surface area contributed by atoms with Crippen LogP contribution in [0.1, 0.15) is 42.3 Å². The van der Waals surface area contributed by atoms with Gasteiger partial charge in [-0.05, 0) is 37.5 Å². The minimum atomic E-state index is -4.49. The lowest BCUT2D eigenvalue weighted by atomic mass is 10.1. The molecule has 0 saturated heterocycles. The quantitative estimate of drug-likeness (QED) is 0.440. The van der Waals surface area contributed by atoms with Crippen molar-refractivity contribution in [1.82, 2.24) is 24.3 Å². The van der Waals surface area contributed by atoms with Crippen LogP contribution in [0.4, 0.5) is 17.6 Å². The van der Waals surface area contributed by atoms with Crippen LogP contribution in [0, 0.1) is 11.3 Å². The number of fused-ring (bicyclic) bond motifs is 3. The summed E-state index contributed by atoms with van der Waals surface area (Å²) in [6.07, 6.45) is -0.830. The fourth-order valence-corrected chi connectivity index (χ4v) is 4.28. The molecule has 1 saturated carbocycles. The molecule has 1 aliphatic carbocycles. The number of nitrogens with zero attached hydrogens (tertiary/aromatic N) is 6. The van der Waals surface area contributed by atoms with Crippen LogP contribution in [0.5, 0.6) is 0 Å². The van der Waals surface area contributed by atoms with E-state index in [1.165, 1.54) is 4.68 Å². The minimum Gasteiger partial charge on any atom is -0.323 e. The van der Waals surface area contributed by atoms with Gasteiger partial charge >= 0.3 is 6.18 Å². The maximum absolute atomic E-state index is 14.1. The molecule has 0 spiro atoms. The summed E-state index contributed by atoms with van der Waals surface area (Å²) in [7, 11) is 0. The highest BCUT2D eigenvalue weighted by molar-refractivity contribution is 6.02. The summed E-state index contributed by atoms with van der Waals surface area (Å²) in [4.78, 5) is 9.00. The number of pyridine rings is 1. The largest absolute Gasteiger partial charge is 0.419 e. The van der Waals surface area contributed by atoms with Gasteiger partial charge in [-0.25, -0.2) is 9.37 Å². The van der Waals surface area contributed by atoms with Gasteiger partial charge in [0.25, 0.3) is 0 Å². The van der Waals surface area contributed by atoms with E-state index in [1.807, 2.05) is 4.57 Å². The van der Waals surface area contributed by atoms with Crippen molar-refractivity contribution in [1.29, 1.82) is 5.26 Å². The van der Waals surface area contributed by atoms with Gasteiger partial charge in [-0.3, -0.25) is 9.67 Å². The summed E-state index contributed by atoms with van der Waals surface area (Å²) in [6.45, 7) is -0.00233. The number of rotatable bonds is 3. The normalized spacial score (nSPS) is 19.3. The third-order valence-electron chi connectivity index (χ3n) is 5.69. The molecule has 158 valence electrons. The Morgan fingerprint density at radius 3 is 2.68 bits per heavy atom. The number of hydrogen-bond acceptors (Lipinski definition) is 4. The van der Waals surface area contributed by atoms with Gasteiger partial charge in [-0.15, -0.1) is 0 Å². The Kier molecular flexibility index (Phi) is 4.43. The topological polar surface area (TPSA) is 72.3 Å². The summed E-state index contributed by atoms with van der Waals surface area (Å²) >= 11 is 0. The molecule has 0 unspecified atom stereocenters. The zero-order valence-electron chi connectivity index (χ0n) is 16.1. The molecule has 1 fully saturated rings. The number of benzene rings is 1. The summed E-state index contributed by atoms with van der Waals surface area (Å²) in [5, 5.41) is 13.8. The van der Waals surface area contributed by atoms with Crippen LogP contribution in [0.25, 0.3) is 21.9 Å². The monoisotopic (exact) mass is 428 g/mol. The summed E-state index contributed by atoms with van der Waals surface area (Å²) in [5.74, 6) is 0.475. The van der Waals surface area contributed by atoms with Gasteiger partial charge in [0.05, 0.1) is 47.2 Å². The van der Waals surface area contributed by atoms with Crippen LogP contribution in [-0.2, 0) is 12.7 Å². The Morgan fingerprint density at radius 2 is 2.00 bits per heavy atom. The second-order valence-corrected chi connectivity index (χ2v) is 7.72. The van der Waals surface area contributed by atoms with Crippen LogP contribution in [0.15, 0.2) is 36.8 Å². The zero-order chi connectivity index (χ0) is 21.8. The number of imidazole rings is 1. The lowest BCUT2D eigenvalue weighted by molar-refractivity contribution is -0.137. The smallest absolute Gasteiger partial charge is 0.323 e. The van der Waals surface area contributed by atoms with Crippen LogP contribution in [-0.4, -0.2) is 30.5 Å². The number of hydrogen-bond donors (Lipinski definition) is 0. The highest BCUT2D eigenvalue weighted by Gasteiger charge is 2.33. The van der Waals surface area contributed by atoms with E-state index in [-0.39, 0.29) is 12.6 Å². The molecule has 1 aromatic carbocycles. The molecular formula is C21H16F4N6. The van der Waals surface area contributed by atoms with Gasteiger partial charge in [0.1, 0.15) is 17.5 Å². The van der Waals surface area contributed by atoms with Crippen molar-refractivity contribution in [2.24, 2.45) is 0 Å². The van der Waals surface area contributed by atoms with Gasteiger partial charge < -0.3 is 4.57 Å². The van der Waals surface area contributed by atoms with Gasteiger partial charge in [0, 0.05) is 17.6 Å². The van der Waals surface area contributed by atoms with Crippen molar-refractivity contribution in [2.75, 3.05) is 0 Å². The number of nitriles is 1. The van der Waals surface area contributed by atoms with Crippen molar-refractivity contribution in [3.8, 4) is 6.07 Å². The van der Waals surface area contributed by atoms with E-state index >= 15 is 0 Å². The minimum absolute atomic E-state index is 0.00233. The third-order valence-corrected chi connectivity index (χ3v) is 5.69. The predicted molar refractivity (Wildman–Crippen MR) is 104 cm³/mol. The molecule has 0 aliphatic heterocycles. The highest BCUT2D eigenvalue weighted by atomic mass is 19.4. The van der Waals surface area contributed by atoms with Crippen molar-refractivity contribution in [3.63, 3.8) is 0 Å². The lowest BCUT2D eigenvalue weighted by Crippen LogP contribution is -2.14. The van der Waals surface area contributed by atoms with E-state index in [1.54, 1.807) is 24.4 Å². The average molecular weight is 428 g/mol. The SMILES string of the molecule is N#Cc1ccc2ncc3nc(Cn4cc(C(F)(F)F)cn4)n([C@H]4CC[C@@H](F)C4)c3c2c1. The van der Waals surface area contributed by atoms with Gasteiger partial charge in [0.15, 0.2) is 0 Å². The van der Waals surface area contributed by atoms with Gasteiger partial charge in [0.2, 0.25) is 0 Å². The molecule has 2 atom stereocenters. The van der Waals surface area contributed by atoms with Crippen molar-refractivity contribution in [3.05, 3.63) is 53.7 Å². The second kappa shape index (κ2) is 7.04.